The van der Waals surface area contributed by atoms with Gasteiger partial charge in [-0.15, -0.1) is 0 Å². The molecule has 1 atom stereocenters. The molecule has 0 radical (unpaired) electrons. The third-order valence-electron chi connectivity index (χ3n) is 3.48. The topological polar surface area (TPSA) is 55.4 Å². The van der Waals surface area contributed by atoms with Crippen LogP contribution in [0.1, 0.15) is 31.7 Å². The summed E-state index contributed by atoms with van der Waals surface area (Å²) in [6.07, 6.45) is 2.40. The van der Waals surface area contributed by atoms with Gasteiger partial charge in [-0.25, -0.2) is 4.79 Å². The van der Waals surface area contributed by atoms with Crippen LogP contribution in [0.15, 0.2) is 30.3 Å². The van der Waals surface area contributed by atoms with Gasteiger partial charge in [0.15, 0.2) is 0 Å². The molecule has 0 unspecified atom stereocenters. The van der Waals surface area contributed by atoms with E-state index in [4.69, 9.17) is 4.74 Å². The van der Waals surface area contributed by atoms with Gasteiger partial charge in [-0.2, -0.15) is 0 Å². The van der Waals surface area contributed by atoms with Crippen LogP contribution < -0.4 is 5.32 Å². The second-order valence-electron chi connectivity index (χ2n) is 4.89. The first-order chi connectivity index (χ1) is 9.16. The van der Waals surface area contributed by atoms with Crippen LogP contribution in [0.5, 0.6) is 0 Å². The summed E-state index contributed by atoms with van der Waals surface area (Å²) < 4.78 is 4.92. The molecule has 0 bridgehead atoms. The predicted octanol–water partition coefficient (Wildman–Crippen LogP) is 1.83. The van der Waals surface area contributed by atoms with E-state index in [-0.39, 0.29) is 6.42 Å². The maximum Gasteiger partial charge on any atom is 0.334 e. The quantitative estimate of drug-likeness (QED) is 0.663. The van der Waals surface area contributed by atoms with Crippen LogP contribution in [-0.4, -0.2) is 24.0 Å². The molecule has 4 nitrogen and oxygen atoms in total. The lowest BCUT2D eigenvalue weighted by Gasteiger charge is -2.26. The Kier molecular flexibility index (Phi) is 4.32. The van der Waals surface area contributed by atoms with Crippen molar-refractivity contribution in [2.75, 3.05) is 6.54 Å². The van der Waals surface area contributed by atoms with Crippen molar-refractivity contribution in [1.29, 1.82) is 0 Å². The van der Waals surface area contributed by atoms with Crippen LogP contribution in [0, 0.1) is 0 Å². The summed E-state index contributed by atoms with van der Waals surface area (Å²) in [5, 5.41) is 3.22. The third kappa shape index (κ3) is 3.20. The minimum atomic E-state index is -0.744. The van der Waals surface area contributed by atoms with Gasteiger partial charge in [-0.3, -0.25) is 4.79 Å². The molecule has 0 amide bonds. The molecule has 1 heterocycles. The zero-order chi connectivity index (χ0) is 13.7. The Morgan fingerprint density at radius 3 is 2.63 bits per heavy atom. The minimum Gasteiger partial charge on any atom is -0.392 e. The van der Waals surface area contributed by atoms with Crippen molar-refractivity contribution in [1.82, 2.24) is 5.32 Å². The maximum absolute atomic E-state index is 12.2. The first-order valence-corrected chi connectivity index (χ1v) is 6.70. The first-order valence-electron chi connectivity index (χ1n) is 6.70. The molecule has 1 N–H and O–H groups in total. The molecule has 0 aromatic heterocycles. The van der Waals surface area contributed by atoms with E-state index in [1.54, 1.807) is 6.92 Å². The standard InChI is InChI=1S/C15H19NO3/c1-2-13(17)19-14(18)15(9-6-10-16-15)11-12-7-4-3-5-8-12/h3-5,7-8,16H,2,6,9-11H2,1H3/t15-/m1/s1. The average molecular weight is 261 g/mol. The smallest absolute Gasteiger partial charge is 0.334 e. The summed E-state index contributed by atoms with van der Waals surface area (Å²) in [7, 11) is 0. The van der Waals surface area contributed by atoms with Gasteiger partial charge in [0, 0.05) is 12.8 Å². The summed E-state index contributed by atoms with van der Waals surface area (Å²) in [5.74, 6) is -0.910. The lowest BCUT2D eigenvalue weighted by atomic mass is 9.89. The summed E-state index contributed by atoms with van der Waals surface area (Å²) in [6.45, 7) is 2.46. The van der Waals surface area contributed by atoms with Crippen molar-refractivity contribution >= 4 is 11.9 Å². The number of hydrogen-bond acceptors (Lipinski definition) is 4. The second-order valence-corrected chi connectivity index (χ2v) is 4.89. The molecule has 102 valence electrons. The molecule has 1 aliphatic heterocycles. The Bertz CT molecular complexity index is 450. The molecule has 0 aliphatic carbocycles. The highest BCUT2D eigenvalue weighted by molar-refractivity contribution is 5.91. The average Bonchev–Trinajstić information content (AvgIpc) is 2.89. The molecule has 1 saturated heterocycles. The van der Waals surface area contributed by atoms with Gasteiger partial charge in [0.25, 0.3) is 0 Å². The Morgan fingerprint density at radius 1 is 1.32 bits per heavy atom. The van der Waals surface area contributed by atoms with Crippen molar-refractivity contribution < 1.29 is 14.3 Å². The van der Waals surface area contributed by atoms with Crippen LogP contribution in [0.3, 0.4) is 0 Å². The highest BCUT2D eigenvalue weighted by Crippen LogP contribution is 2.26. The van der Waals surface area contributed by atoms with Gasteiger partial charge in [0.1, 0.15) is 5.54 Å². The van der Waals surface area contributed by atoms with Crippen molar-refractivity contribution in [3.8, 4) is 0 Å². The second kappa shape index (κ2) is 5.97. The monoisotopic (exact) mass is 261 g/mol. The molecular weight excluding hydrogens is 242 g/mol. The highest BCUT2D eigenvalue weighted by Gasteiger charge is 2.43. The number of carbonyl (C=O) groups excluding carboxylic acids is 2. The Balaban J connectivity index is 2.14. The van der Waals surface area contributed by atoms with Gasteiger partial charge in [-0.05, 0) is 24.9 Å². The molecule has 4 heteroatoms. The summed E-state index contributed by atoms with van der Waals surface area (Å²) in [6, 6.07) is 9.80. The maximum atomic E-state index is 12.2. The fourth-order valence-electron chi connectivity index (χ4n) is 2.42. The van der Waals surface area contributed by atoms with Crippen molar-refractivity contribution in [3.63, 3.8) is 0 Å². The Hall–Kier alpha value is -1.68. The van der Waals surface area contributed by atoms with Crippen molar-refractivity contribution in [2.45, 2.75) is 38.1 Å². The van der Waals surface area contributed by atoms with Crippen LogP contribution in [0.25, 0.3) is 0 Å². The van der Waals surface area contributed by atoms with E-state index >= 15 is 0 Å². The molecule has 0 saturated carbocycles. The van der Waals surface area contributed by atoms with Gasteiger partial charge in [0.05, 0.1) is 0 Å². The van der Waals surface area contributed by atoms with Gasteiger partial charge >= 0.3 is 11.9 Å². The predicted molar refractivity (Wildman–Crippen MR) is 71.5 cm³/mol. The van der Waals surface area contributed by atoms with E-state index in [0.29, 0.717) is 12.8 Å². The molecule has 0 spiro atoms. The molecular formula is C15H19NO3. The zero-order valence-corrected chi connectivity index (χ0v) is 11.1. The first kappa shape index (κ1) is 13.7. The molecule has 19 heavy (non-hydrogen) atoms. The van der Waals surface area contributed by atoms with Crippen LogP contribution in [0.2, 0.25) is 0 Å². The van der Waals surface area contributed by atoms with E-state index in [0.717, 1.165) is 18.5 Å². The summed E-state index contributed by atoms with van der Waals surface area (Å²) in [4.78, 5) is 23.5. The number of rotatable bonds is 4. The van der Waals surface area contributed by atoms with Gasteiger partial charge in [0.2, 0.25) is 0 Å². The summed E-state index contributed by atoms with van der Waals surface area (Å²) in [5.41, 5.74) is 0.324. The normalized spacial score (nSPS) is 22.2. The minimum absolute atomic E-state index is 0.215. The van der Waals surface area contributed by atoms with Gasteiger partial charge < -0.3 is 10.1 Å². The fourth-order valence-corrected chi connectivity index (χ4v) is 2.42. The highest BCUT2D eigenvalue weighted by atomic mass is 16.6. The molecule has 1 fully saturated rings. The summed E-state index contributed by atoms with van der Waals surface area (Å²) >= 11 is 0. The van der Waals surface area contributed by atoms with Crippen LogP contribution >= 0.6 is 0 Å². The Morgan fingerprint density at radius 2 is 2.05 bits per heavy atom. The fraction of sp³-hybridized carbons (Fsp3) is 0.467. The van der Waals surface area contributed by atoms with E-state index in [1.165, 1.54) is 0 Å². The Labute approximate surface area is 113 Å². The van der Waals surface area contributed by atoms with E-state index in [1.807, 2.05) is 30.3 Å². The number of esters is 2. The van der Waals surface area contributed by atoms with Gasteiger partial charge in [-0.1, -0.05) is 37.3 Å². The number of ether oxygens (including phenoxy) is 1. The SMILES string of the molecule is CCC(=O)OC(=O)[C@]1(Cc2ccccc2)CCCN1. The van der Waals surface area contributed by atoms with Crippen LogP contribution in [0.4, 0.5) is 0 Å². The molecule has 1 aromatic rings. The zero-order valence-electron chi connectivity index (χ0n) is 11.1. The van der Waals surface area contributed by atoms with E-state index < -0.39 is 17.5 Å². The van der Waals surface area contributed by atoms with Crippen molar-refractivity contribution in [3.05, 3.63) is 35.9 Å². The third-order valence-corrected chi connectivity index (χ3v) is 3.48. The van der Waals surface area contributed by atoms with E-state index in [9.17, 15) is 9.59 Å². The number of carbonyl (C=O) groups is 2. The largest absolute Gasteiger partial charge is 0.392 e. The number of nitrogens with one attached hydrogen (secondary N) is 1. The molecule has 1 aromatic carbocycles. The van der Waals surface area contributed by atoms with Crippen LogP contribution in [-0.2, 0) is 20.7 Å². The lowest BCUT2D eigenvalue weighted by molar-refractivity contribution is -0.164. The van der Waals surface area contributed by atoms with Crippen molar-refractivity contribution in [2.24, 2.45) is 0 Å². The number of hydrogen-bond donors (Lipinski definition) is 1. The lowest BCUT2D eigenvalue weighted by Crippen LogP contribution is -2.51. The van der Waals surface area contributed by atoms with E-state index in [2.05, 4.69) is 5.32 Å². The number of benzene rings is 1. The molecule has 2 rings (SSSR count). The molecule has 1 aliphatic rings.